The third-order valence-electron chi connectivity index (χ3n) is 4.19. The van der Waals surface area contributed by atoms with Crippen molar-refractivity contribution >= 4 is 29.9 Å². The van der Waals surface area contributed by atoms with Crippen molar-refractivity contribution in [1.29, 1.82) is 0 Å². The number of nitrogens with one attached hydrogen (secondary N) is 3. The van der Waals surface area contributed by atoms with Gasteiger partial charge in [0.1, 0.15) is 0 Å². The number of halogens is 1. The van der Waals surface area contributed by atoms with Crippen LogP contribution in [0.2, 0.25) is 0 Å². The number of carbonyl (C=O) groups is 2. The van der Waals surface area contributed by atoms with E-state index in [1.54, 1.807) is 18.2 Å². The number of hydrogen-bond acceptors (Lipinski definition) is 4. The summed E-state index contributed by atoms with van der Waals surface area (Å²) in [6.07, 6.45) is 0.0602. The Bertz CT molecular complexity index is 607. The standard InChI is InChI=1S/C18H27N3O3.ClH/c1-11(2)6-17(23)21-15-5-4-13(7-12(15)3)18(24)20-9-14-8-19-10-16(14)22;/h4-5,7,11,14,16,19,22H,6,8-10H2,1-3H3,(H,20,24)(H,21,23);1H. The van der Waals surface area contributed by atoms with Gasteiger partial charge in [-0.2, -0.15) is 0 Å². The molecule has 2 amide bonds. The lowest BCUT2D eigenvalue weighted by atomic mass is 10.1. The molecule has 1 fully saturated rings. The fourth-order valence-corrected chi connectivity index (χ4v) is 2.77. The molecule has 0 spiro atoms. The molecule has 6 nitrogen and oxygen atoms in total. The SMILES string of the molecule is Cc1cc(C(=O)NCC2CNCC2O)ccc1NC(=O)CC(C)C.Cl. The molecule has 2 unspecified atom stereocenters. The van der Waals surface area contributed by atoms with E-state index >= 15 is 0 Å². The number of benzene rings is 1. The zero-order chi connectivity index (χ0) is 17.7. The average molecular weight is 370 g/mol. The normalized spacial score (nSPS) is 19.4. The van der Waals surface area contributed by atoms with Gasteiger partial charge in [0.2, 0.25) is 5.91 Å². The largest absolute Gasteiger partial charge is 0.391 e. The second kappa shape index (κ2) is 9.75. The Morgan fingerprint density at radius 1 is 1.32 bits per heavy atom. The zero-order valence-electron chi connectivity index (χ0n) is 15.0. The Hall–Kier alpha value is -1.63. The highest BCUT2D eigenvalue weighted by molar-refractivity contribution is 5.96. The van der Waals surface area contributed by atoms with Crippen LogP contribution in [0.4, 0.5) is 5.69 Å². The van der Waals surface area contributed by atoms with Gasteiger partial charge < -0.3 is 21.1 Å². The maximum absolute atomic E-state index is 12.2. The quantitative estimate of drug-likeness (QED) is 0.614. The lowest BCUT2D eigenvalue weighted by Crippen LogP contribution is -2.34. The van der Waals surface area contributed by atoms with Gasteiger partial charge in [0.15, 0.2) is 0 Å². The lowest BCUT2D eigenvalue weighted by molar-refractivity contribution is -0.116. The number of amides is 2. The van der Waals surface area contributed by atoms with Gasteiger partial charge in [0.05, 0.1) is 6.10 Å². The van der Waals surface area contributed by atoms with Gasteiger partial charge in [-0.1, -0.05) is 13.8 Å². The van der Waals surface area contributed by atoms with Gasteiger partial charge in [-0.3, -0.25) is 9.59 Å². The Morgan fingerprint density at radius 2 is 2.04 bits per heavy atom. The smallest absolute Gasteiger partial charge is 0.251 e. The van der Waals surface area contributed by atoms with Crippen molar-refractivity contribution in [3.8, 4) is 0 Å². The van der Waals surface area contributed by atoms with Crippen molar-refractivity contribution in [3.63, 3.8) is 0 Å². The molecule has 0 aromatic heterocycles. The maximum atomic E-state index is 12.2. The highest BCUT2D eigenvalue weighted by Crippen LogP contribution is 2.18. The molecule has 1 aromatic carbocycles. The molecule has 1 saturated heterocycles. The predicted octanol–water partition coefficient (Wildman–Crippen LogP) is 1.71. The van der Waals surface area contributed by atoms with E-state index in [0.717, 1.165) is 11.3 Å². The minimum atomic E-state index is -0.411. The second-order valence-corrected chi connectivity index (χ2v) is 6.87. The van der Waals surface area contributed by atoms with Crippen LogP contribution in [0.5, 0.6) is 0 Å². The van der Waals surface area contributed by atoms with Gasteiger partial charge in [-0.15, -0.1) is 12.4 Å². The highest BCUT2D eigenvalue weighted by Gasteiger charge is 2.25. The first kappa shape index (κ1) is 21.4. The van der Waals surface area contributed by atoms with E-state index in [2.05, 4.69) is 16.0 Å². The molecule has 7 heteroatoms. The molecule has 0 bridgehead atoms. The number of β-amino-alcohol motifs (C(OH)–C–C–N with tert-alkyl or cyclic N) is 1. The summed E-state index contributed by atoms with van der Waals surface area (Å²) in [5.74, 6) is 0.158. The van der Waals surface area contributed by atoms with Gasteiger partial charge in [-0.25, -0.2) is 0 Å². The molecule has 2 atom stereocenters. The molecule has 0 saturated carbocycles. The molecule has 0 aliphatic carbocycles. The first-order valence-electron chi connectivity index (χ1n) is 8.44. The van der Waals surface area contributed by atoms with Crippen molar-refractivity contribution in [2.75, 3.05) is 25.0 Å². The van der Waals surface area contributed by atoms with Gasteiger partial charge >= 0.3 is 0 Å². The van der Waals surface area contributed by atoms with E-state index in [-0.39, 0.29) is 30.1 Å². The average Bonchev–Trinajstić information content (AvgIpc) is 2.91. The van der Waals surface area contributed by atoms with Gasteiger partial charge in [0, 0.05) is 43.2 Å². The summed E-state index contributed by atoms with van der Waals surface area (Å²) in [6, 6.07) is 5.23. The zero-order valence-corrected chi connectivity index (χ0v) is 15.8. The number of carbonyl (C=O) groups excluding carboxylic acids is 2. The van der Waals surface area contributed by atoms with Crippen LogP contribution in [-0.2, 0) is 4.79 Å². The van der Waals surface area contributed by atoms with Gasteiger partial charge in [-0.05, 0) is 36.6 Å². The number of aryl methyl sites for hydroxylation is 1. The van der Waals surface area contributed by atoms with Crippen LogP contribution in [0.1, 0.15) is 36.2 Å². The summed E-state index contributed by atoms with van der Waals surface area (Å²) in [4.78, 5) is 24.1. The van der Waals surface area contributed by atoms with E-state index < -0.39 is 6.10 Å². The number of anilines is 1. The first-order valence-corrected chi connectivity index (χ1v) is 8.44. The number of aliphatic hydroxyl groups excluding tert-OH is 1. The summed E-state index contributed by atoms with van der Waals surface area (Å²) in [5.41, 5.74) is 2.13. The molecular formula is C18H28ClN3O3. The first-order chi connectivity index (χ1) is 11.4. The van der Waals surface area contributed by atoms with Crippen LogP contribution in [0.15, 0.2) is 18.2 Å². The van der Waals surface area contributed by atoms with Crippen molar-refractivity contribution < 1.29 is 14.7 Å². The third-order valence-corrected chi connectivity index (χ3v) is 4.19. The monoisotopic (exact) mass is 369 g/mol. The topological polar surface area (TPSA) is 90.5 Å². The minimum Gasteiger partial charge on any atom is -0.391 e. The van der Waals surface area contributed by atoms with Crippen LogP contribution >= 0.6 is 12.4 Å². The van der Waals surface area contributed by atoms with Gasteiger partial charge in [0.25, 0.3) is 5.91 Å². The van der Waals surface area contributed by atoms with Crippen LogP contribution in [0.3, 0.4) is 0 Å². The lowest BCUT2D eigenvalue weighted by Gasteiger charge is -2.15. The van der Waals surface area contributed by atoms with Crippen molar-refractivity contribution in [2.24, 2.45) is 11.8 Å². The van der Waals surface area contributed by atoms with Crippen molar-refractivity contribution in [1.82, 2.24) is 10.6 Å². The molecule has 0 radical (unpaired) electrons. The van der Waals surface area contributed by atoms with E-state index in [0.29, 0.717) is 37.5 Å². The Kier molecular flexibility index (Phi) is 8.35. The Morgan fingerprint density at radius 3 is 2.60 bits per heavy atom. The molecule has 140 valence electrons. The second-order valence-electron chi connectivity index (χ2n) is 6.87. The summed E-state index contributed by atoms with van der Waals surface area (Å²) in [7, 11) is 0. The van der Waals surface area contributed by atoms with Crippen LogP contribution in [-0.4, -0.2) is 42.7 Å². The van der Waals surface area contributed by atoms with Crippen LogP contribution in [0, 0.1) is 18.8 Å². The number of aliphatic hydroxyl groups is 1. The van der Waals surface area contributed by atoms with Crippen molar-refractivity contribution in [2.45, 2.75) is 33.3 Å². The van der Waals surface area contributed by atoms with Crippen LogP contribution < -0.4 is 16.0 Å². The predicted molar refractivity (Wildman–Crippen MR) is 101 cm³/mol. The molecule has 2 rings (SSSR count). The summed E-state index contributed by atoms with van der Waals surface area (Å²) >= 11 is 0. The minimum absolute atomic E-state index is 0. The van der Waals surface area contributed by atoms with E-state index in [1.807, 2.05) is 20.8 Å². The third kappa shape index (κ3) is 6.30. The summed E-state index contributed by atoms with van der Waals surface area (Å²) < 4.78 is 0. The highest BCUT2D eigenvalue weighted by atomic mass is 35.5. The number of rotatable bonds is 6. The van der Waals surface area contributed by atoms with Crippen LogP contribution in [0.25, 0.3) is 0 Å². The summed E-state index contributed by atoms with van der Waals surface area (Å²) in [6.45, 7) is 7.59. The summed E-state index contributed by atoms with van der Waals surface area (Å²) in [5, 5.41) is 18.6. The Balaban J connectivity index is 0.00000312. The fraction of sp³-hybridized carbons (Fsp3) is 0.556. The number of hydrogen-bond donors (Lipinski definition) is 4. The molecule has 4 N–H and O–H groups in total. The molecule has 1 heterocycles. The molecule has 1 aliphatic rings. The van der Waals surface area contributed by atoms with Crippen molar-refractivity contribution in [3.05, 3.63) is 29.3 Å². The van der Waals surface area contributed by atoms with E-state index in [1.165, 1.54) is 0 Å². The molecule has 1 aromatic rings. The Labute approximate surface area is 155 Å². The maximum Gasteiger partial charge on any atom is 0.251 e. The fourth-order valence-electron chi connectivity index (χ4n) is 2.77. The molecular weight excluding hydrogens is 342 g/mol. The van der Waals surface area contributed by atoms with E-state index in [4.69, 9.17) is 0 Å². The molecule has 25 heavy (non-hydrogen) atoms. The van der Waals surface area contributed by atoms with E-state index in [9.17, 15) is 14.7 Å². The molecule has 1 aliphatic heterocycles.